The molecule has 0 aliphatic heterocycles. The molecule has 0 saturated heterocycles. The highest BCUT2D eigenvalue weighted by Crippen LogP contribution is 2.06. The first-order valence-electron chi connectivity index (χ1n) is 4.33. The van der Waals surface area contributed by atoms with Gasteiger partial charge in [0, 0.05) is 38.2 Å². The zero-order chi connectivity index (χ0) is 10.1. The van der Waals surface area contributed by atoms with E-state index in [4.69, 9.17) is 0 Å². The summed E-state index contributed by atoms with van der Waals surface area (Å²) in [6, 6.07) is 3.57. The highest BCUT2D eigenvalue weighted by Gasteiger charge is 2.08. The van der Waals surface area contributed by atoms with Crippen LogP contribution in [0.1, 0.15) is 10.4 Å². The predicted octanol–water partition coefficient (Wildman–Crippen LogP) is 1.04. The van der Waals surface area contributed by atoms with Crippen molar-refractivity contribution in [3.05, 3.63) is 36.3 Å². The fourth-order valence-electron chi connectivity index (χ4n) is 1.30. The van der Waals surface area contributed by atoms with Crippen molar-refractivity contribution < 1.29 is 4.79 Å². The van der Waals surface area contributed by atoms with Gasteiger partial charge in [0.05, 0.1) is 0 Å². The zero-order valence-corrected chi connectivity index (χ0v) is 8.14. The van der Waals surface area contributed by atoms with Crippen molar-refractivity contribution in [2.75, 3.05) is 14.1 Å². The highest BCUT2D eigenvalue weighted by atomic mass is 16.2. The molecule has 0 N–H and O–H groups in total. The first-order chi connectivity index (χ1) is 6.68. The Balaban J connectivity index is 2.48. The Bertz CT molecular complexity index is 473. The summed E-state index contributed by atoms with van der Waals surface area (Å²) in [5.41, 5.74) is 1.45. The predicted molar refractivity (Wildman–Crippen MR) is 53.2 cm³/mol. The van der Waals surface area contributed by atoms with E-state index in [2.05, 4.69) is 4.98 Å². The van der Waals surface area contributed by atoms with E-state index in [9.17, 15) is 4.79 Å². The van der Waals surface area contributed by atoms with Crippen LogP contribution in [-0.2, 0) is 0 Å². The second-order valence-corrected chi connectivity index (χ2v) is 3.31. The SMILES string of the molecule is CN(C)C(=O)c1ccn2ccnc2c1. The van der Waals surface area contributed by atoms with Crippen LogP contribution in [0.3, 0.4) is 0 Å². The highest BCUT2D eigenvalue weighted by molar-refractivity contribution is 5.94. The molecule has 0 radical (unpaired) electrons. The number of amides is 1. The normalized spacial score (nSPS) is 10.4. The average molecular weight is 189 g/mol. The van der Waals surface area contributed by atoms with E-state index in [0.29, 0.717) is 5.56 Å². The van der Waals surface area contributed by atoms with Crippen molar-refractivity contribution in [1.82, 2.24) is 14.3 Å². The van der Waals surface area contributed by atoms with Crippen molar-refractivity contribution in [2.24, 2.45) is 0 Å². The van der Waals surface area contributed by atoms with Gasteiger partial charge in [0.15, 0.2) is 0 Å². The number of rotatable bonds is 1. The van der Waals surface area contributed by atoms with Gasteiger partial charge in [-0.25, -0.2) is 4.98 Å². The molecule has 0 aliphatic carbocycles. The molecule has 2 aromatic rings. The lowest BCUT2D eigenvalue weighted by Crippen LogP contribution is -2.21. The Labute approximate surface area is 81.8 Å². The molecule has 14 heavy (non-hydrogen) atoms. The maximum atomic E-state index is 11.6. The summed E-state index contributed by atoms with van der Waals surface area (Å²) in [7, 11) is 3.47. The van der Waals surface area contributed by atoms with E-state index < -0.39 is 0 Å². The summed E-state index contributed by atoms with van der Waals surface area (Å²) in [5.74, 6) is -0.00417. The number of hydrogen-bond donors (Lipinski definition) is 0. The lowest BCUT2D eigenvalue weighted by Gasteiger charge is -2.09. The van der Waals surface area contributed by atoms with Crippen LogP contribution in [0.5, 0.6) is 0 Å². The fourth-order valence-corrected chi connectivity index (χ4v) is 1.30. The van der Waals surface area contributed by atoms with Crippen LogP contribution in [0.4, 0.5) is 0 Å². The van der Waals surface area contributed by atoms with Gasteiger partial charge in [0.25, 0.3) is 5.91 Å². The minimum absolute atomic E-state index is 0.00417. The number of fused-ring (bicyclic) bond motifs is 1. The summed E-state index contributed by atoms with van der Waals surface area (Å²) < 4.78 is 1.87. The van der Waals surface area contributed by atoms with Crippen molar-refractivity contribution in [1.29, 1.82) is 0 Å². The van der Waals surface area contributed by atoms with Crippen LogP contribution in [-0.4, -0.2) is 34.3 Å². The molecule has 72 valence electrons. The van der Waals surface area contributed by atoms with Gasteiger partial charge in [-0.05, 0) is 12.1 Å². The number of nitrogens with zero attached hydrogens (tertiary/aromatic N) is 3. The molecular formula is C10H11N3O. The molecule has 0 saturated carbocycles. The number of aromatic nitrogens is 2. The Morgan fingerprint density at radius 1 is 1.43 bits per heavy atom. The smallest absolute Gasteiger partial charge is 0.253 e. The molecule has 2 rings (SSSR count). The average Bonchev–Trinajstić information content (AvgIpc) is 2.62. The third-order valence-electron chi connectivity index (χ3n) is 2.05. The first kappa shape index (κ1) is 8.74. The quantitative estimate of drug-likeness (QED) is 0.672. The van der Waals surface area contributed by atoms with E-state index in [1.165, 1.54) is 0 Å². The van der Waals surface area contributed by atoms with Crippen LogP contribution >= 0.6 is 0 Å². The molecule has 2 heterocycles. The van der Waals surface area contributed by atoms with Gasteiger partial charge >= 0.3 is 0 Å². The standard InChI is InChI=1S/C10H11N3O/c1-12(2)10(14)8-3-5-13-6-4-11-9(13)7-8/h3-7H,1-2H3. The van der Waals surface area contributed by atoms with Crippen LogP contribution in [0.25, 0.3) is 5.65 Å². The Morgan fingerprint density at radius 3 is 2.93 bits per heavy atom. The van der Waals surface area contributed by atoms with Gasteiger partial charge in [-0.2, -0.15) is 0 Å². The number of imidazole rings is 1. The number of pyridine rings is 1. The van der Waals surface area contributed by atoms with E-state index in [-0.39, 0.29) is 5.91 Å². The van der Waals surface area contributed by atoms with Crippen LogP contribution in [0, 0.1) is 0 Å². The molecule has 0 aromatic carbocycles. The molecule has 0 atom stereocenters. The summed E-state index contributed by atoms with van der Waals surface area (Å²) in [6.45, 7) is 0. The van der Waals surface area contributed by atoms with Gasteiger partial charge in [0.2, 0.25) is 0 Å². The van der Waals surface area contributed by atoms with Crippen molar-refractivity contribution in [2.45, 2.75) is 0 Å². The van der Waals surface area contributed by atoms with Crippen LogP contribution in [0.15, 0.2) is 30.7 Å². The monoisotopic (exact) mass is 189 g/mol. The maximum absolute atomic E-state index is 11.6. The summed E-state index contributed by atoms with van der Waals surface area (Å²) in [5, 5.41) is 0. The van der Waals surface area contributed by atoms with E-state index >= 15 is 0 Å². The molecule has 0 bridgehead atoms. The van der Waals surface area contributed by atoms with Crippen molar-refractivity contribution >= 4 is 11.6 Å². The van der Waals surface area contributed by atoms with Crippen LogP contribution < -0.4 is 0 Å². The fraction of sp³-hybridized carbons (Fsp3) is 0.200. The zero-order valence-electron chi connectivity index (χ0n) is 8.14. The van der Waals surface area contributed by atoms with Gasteiger partial charge in [0.1, 0.15) is 5.65 Å². The van der Waals surface area contributed by atoms with Crippen molar-refractivity contribution in [3.8, 4) is 0 Å². The van der Waals surface area contributed by atoms with Gasteiger partial charge in [-0.1, -0.05) is 0 Å². The second-order valence-electron chi connectivity index (χ2n) is 3.31. The molecule has 0 unspecified atom stereocenters. The summed E-state index contributed by atoms with van der Waals surface area (Å²) >= 11 is 0. The van der Waals surface area contributed by atoms with E-state index in [0.717, 1.165) is 5.65 Å². The largest absolute Gasteiger partial charge is 0.345 e. The first-order valence-corrected chi connectivity index (χ1v) is 4.33. The Morgan fingerprint density at radius 2 is 2.21 bits per heavy atom. The van der Waals surface area contributed by atoms with Gasteiger partial charge in [-0.15, -0.1) is 0 Å². The number of carbonyl (C=O) groups excluding carboxylic acids is 1. The van der Waals surface area contributed by atoms with E-state index in [1.54, 1.807) is 37.3 Å². The lowest BCUT2D eigenvalue weighted by molar-refractivity contribution is 0.0827. The van der Waals surface area contributed by atoms with Crippen LogP contribution in [0.2, 0.25) is 0 Å². The third-order valence-corrected chi connectivity index (χ3v) is 2.05. The minimum Gasteiger partial charge on any atom is -0.345 e. The second kappa shape index (κ2) is 3.14. The molecule has 4 nitrogen and oxygen atoms in total. The molecule has 4 heteroatoms. The molecule has 0 aliphatic rings. The Kier molecular flexibility index (Phi) is 1.96. The number of carbonyl (C=O) groups is 1. The number of hydrogen-bond acceptors (Lipinski definition) is 2. The molecule has 1 amide bonds. The summed E-state index contributed by atoms with van der Waals surface area (Å²) in [4.78, 5) is 17.3. The van der Waals surface area contributed by atoms with Gasteiger partial charge < -0.3 is 9.30 Å². The Hall–Kier alpha value is -1.84. The molecular weight excluding hydrogens is 178 g/mol. The molecule has 0 fully saturated rings. The maximum Gasteiger partial charge on any atom is 0.253 e. The minimum atomic E-state index is -0.00417. The lowest BCUT2D eigenvalue weighted by atomic mass is 10.2. The van der Waals surface area contributed by atoms with Gasteiger partial charge in [-0.3, -0.25) is 4.79 Å². The van der Waals surface area contributed by atoms with Crippen molar-refractivity contribution in [3.63, 3.8) is 0 Å². The summed E-state index contributed by atoms with van der Waals surface area (Å²) in [6.07, 6.45) is 5.39. The third kappa shape index (κ3) is 1.35. The topological polar surface area (TPSA) is 37.6 Å². The molecule has 0 spiro atoms. The molecule has 2 aromatic heterocycles. The van der Waals surface area contributed by atoms with E-state index in [1.807, 2.05) is 16.8 Å².